The minimum Gasteiger partial charge on any atom is -0.457 e. The maximum Gasteiger partial charge on any atom is 0.162 e. The number of benzene rings is 2. The summed E-state index contributed by atoms with van der Waals surface area (Å²) < 4.78 is 5.93. The molecule has 0 bridgehead atoms. The normalized spacial score (nSPS) is 10.4. The molecule has 2 aromatic rings. The highest BCUT2D eigenvalue weighted by molar-refractivity contribution is 5.95. The van der Waals surface area contributed by atoms with Gasteiger partial charge in [0.2, 0.25) is 0 Å². The van der Waals surface area contributed by atoms with Gasteiger partial charge in [0, 0.05) is 12.0 Å². The van der Waals surface area contributed by atoms with Gasteiger partial charge in [-0.25, -0.2) is 0 Å². The Morgan fingerprint density at radius 1 is 1.05 bits per heavy atom. The van der Waals surface area contributed by atoms with Crippen LogP contribution in [0.4, 0.5) is 0 Å². The van der Waals surface area contributed by atoms with E-state index in [9.17, 15) is 4.79 Å². The zero-order valence-corrected chi connectivity index (χ0v) is 12.5. The lowest BCUT2D eigenvalue weighted by Crippen LogP contribution is -1.96. The van der Waals surface area contributed by atoms with Gasteiger partial charge in [-0.05, 0) is 67.8 Å². The van der Waals surface area contributed by atoms with Gasteiger partial charge >= 0.3 is 0 Å². The number of hydrogen-bond acceptors (Lipinski definition) is 2. The van der Waals surface area contributed by atoms with Crippen LogP contribution in [-0.4, -0.2) is 5.78 Å². The molecule has 104 valence electrons. The number of aryl methyl sites for hydroxylation is 2. The summed E-state index contributed by atoms with van der Waals surface area (Å²) in [6, 6.07) is 11.5. The molecule has 0 fully saturated rings. The third-order valence-corrected chi connectivity index (χ3v) is 3.49. The summed E-state index contributed by atoms with van der Waals surface area (Å²) in [5.74, 6) is 1.78. The van der Waals surface area contributed by atoms with Crippen LogP contribution in [0.15, 0.2) is 36.4 Å². The summed E-state index contributed by atoms with van der Waals surface area (Å²) in [6.45, 7) is 8.06. The molecule has 2 nitrogen and oxygen atoms in total. The standard InChI is InChI=1S/C18H20O2/c1-5-17(19)15-6-8-16(9-7-15)20-18-11-12(2)10-13(3)14(18)4/h6-11H,5H2,1-4H3. The van der Waals surface area contributed by atoms with Crippen molar-refractivity contribution in [3.63, 3.8) is 0 Å². The topological polar surface area (TPSA) is 26.3 Å². The van der Waals surface area contributed by atoms with Crippen molar-refractivity contribution < 1.29 is 9.53 Å². The van der Waals surface area contributed by atoms with Crippen LogP contribution in [-0.2, 0) is 0 Å². The minimum absolute atomic E-state index is 0.152. The molecule has 2 aromatic carbocycles. The first-order valence-corrected chi connectivity index (χ1v) is 6.90. The van der Waals surface area contributed by atoms with Crippen LogP contribution in [0.2, 0.25) is 0 Å². The van der Waals surface area contributed by atoms with Gasteiger partial charge in [-0.3, -0.25) is 4.79 Å². The molecule has 0 saturated carbocycles. The van der Waals surface area contributed by atoms with E-state index in [1.54, 1.807) is 0 Å². The molecule has 0 heterocycles. The predicted molar refractivity (Wildman–Crippen MR) is 81.8 cm³/mol. The van der Waals surface area contributed by atoms with Gasteiger partial charge in [-0.2, -0.15) is 0 Å². The Morgan fingerprint density at radius 3 is 2.30 bits per heavy atom. The molecule has 0 radical (unpaired) electrons. The molecule has 0 amide bonds. The van der Waals surface area contributed by atoms with Crippen molar-refractivity contribution in [2.75, 3.05) is 0 Å². The van der Waals surface area contributed by atoms with E-state index in [2.05, 4.69) is 26.8 Å². The van der Waals surface area contributed by atoms with Crippen molar-refractivity contribution in [2.45, 2.75) is 34.1 Å². The third-order valence-electron chi connectivity index (χ3n) is 3.49. The molecule has 20 heavy (non-hydrogen) atoms. The molecular weight excluding hydrogens is 248 g/mol. The van der Waals surface area contributed by atoms with Gasteiger partial charge in [0.15, 0.2) is 5.78 Å². The molecule has 0 unspecified atom stereocenters. The van der Waals surface area contributed by atoms with E-state index in [1.165, 1.54) is 11.1 Å². The maximum absolute atomic E-state index is 11.6. The Bertz CT molecular complexity index is 625. The second kappa shape index (κ2) is 5.91. The van der Waals surface area contributed by atoms with Crippen molar-refractivity contribution >= 4 is 5.78 Å². The van der Waals surface area contributed by atoms with Crippen LogP contribution in [0.5, 0.6) is 11.5 Å². The van der Waals surface area contributed by atoms with Gasteiger partial charge in [-0.15, -0.1) is 0 Å². The lowest BCUT2D eigenvalue weighted by atomic mass is 10.1. The van der Waals surface area contributed by atoms with Crippen LogP contribution >= 0.6 is 0 Å². The number of rotatable bonds is 4. The summed E-state index contributed by atoms with van der Waals surface area (Å²) in [6.07, 6.45) is 0.524. The average molecular weight is 268 g/mol. The fraction of sp³-hybridized carbons (Fsp3) is 0.278. The number of Topliss-reactive ketones (excluding diaryl/α,β-unsaturated/α-hetero) is 1. The largest absolute Gasteiger partial charge is 0.457 e. The fourth-order valence-electron chi connectivity index (χ4n) is 2.15. The van der Waals surface area contributed by atoms with E-state index in [0.717, 1.165) is 22.6 Å². The Labute approximate surface area is 120 Å². The molecule has 0 spiro atoms. The summed E-state index contributed by atoms with van der Waals surface area (Å²) in [7, 11) is 0. The molecule has 0 aliphatic heterocycles. The fourth-order valence-corrected chi connectivity index (χ4v) is 2.15. The van der Waals surface area contributed by atoms with Gasteiger partial charge in [0.25, 0.3) is 0 Å². The van der Waals surface area contributed by atoms with E-state index in [0.29, 0.717) is 6.42 Å². The molecule has 2 rings (SSSR count). The van der Waals surface area contributed by atoms with E-state index < -0.39 is 0 Å². The highest BCUT2D eigenvalue weighted by Gasteiger charge is 2.07. The molecule has 0 aromatic heterocycles. The van der Waals surface area contributed by atoms with E-state index in [-0.39, 0.29) is 5.78 Å². The maximum atomic E-state index is 11.6. The van der Waals surface area contributed by atoms with Gasteiger partial charge in [0.05, 0.1) is 0 Å². The average Bonchev–Trinajstić information content (AvgIpc) is 2.44. The van der Waals surface area contributed by atoms with E-state index in [4.69, 9.17) is 4.74 Å². The van der Waals surface area contributed by atoms with Crippen molar-refractivity contribution in [3.05, 3.63) is 58.7 Å². The highest BCUT2D eigenvalue weighted by atomic mass is 16.5. The summed E-state index contributed by atoms with van der Waals surface area (Å²) in [4.78, 5) is 11.6. The Morgan fingerprint density at radius 2 is 1.70 bits per heavy atom. The van der Waals surface area contributed by atoms with Gasteiger partial charge in [-0.1, -0.05) is 13.0 Å². The zero-order valence-electron chi connectivity index (χ0n) is 12.5. The van der Waals surface area contributed by atoms with E-state index in [1.807, 2.05) is 37.3 Å². The first-order chi connectivity index (χ1) is 9.51. The Balaban J connectivity index is 2.24. The van der Waals surface area contributed by atoms with Crippen LogP contribution < -0.4 is 4.74 Å². The monoisotopic (exact) mass is 268 g/mol. The molecular formula is C18H20O2. The minimum atomic E-state index is 0.152. The van der Waals surface area contributed by atoms with E-state index >= 15 is 0 Å². The highest BCUT2D eigenvalue weighted by Crippen LogP contribution is 2.28. The van der Waals surface area contributed by atoms with Crippen LogP contribution in [0.1, 0.15) is 40.4 Å². The Hall–Kier alpha value is -2.09. The second-order valence-electron chi connectivity index (χ2n) is 5.11. The summed E-state index contributed by atoms with van der Waals surface area (Å²) >= 11 is 0. The molecule has 0 saturated heterocycles. The number of hydrogen-bond donors (Lipinski definition) is 0. The number of carbonyl (C=O) groups is 1. The van der Waals surface area contributed by atoms with Gasteiger partial charge < -0.3 is 4.74 Å². The predicted octanol–water partition coefficient (Wildman–Crippen LogP) is 5.00. The lowest BCUT2D eigenvalue weighted by Gasteiger charge is -2.12. The van der Waals surface area contributed by atoms with Crippen LogP contribution in [0.25, 0.3) is 0 Å². The van der Waals surface area contributed by atoms with Crippen LogP contribution in [0, 0.1) is 20.8 Å². The number of carbonyl (C=O) groups excluding carboxylic acids is 1. The second-order valence-corrected chi connectivity index (χ2v) is 5.11. The molecule has 0 aliphatic rings. The molecule has 0 N–H and O–H groups in total. The summed E-state index contributed by atoms with van der Waals surface area (Å²) in [5, 5.41) is 0. The van der Waals surface area contributed by atoms with Gasteiger partial charge in [0.1, 0.15) is 11.5 Å². The summed E-state index contributed by atoms with van der Waals surface area (Å²) in [5.41, 5.74) is 4.28. The number of ether oxygens (including phenoxy) is 1. The molecule has 2 heteroatoms. The Kier molecular flexibility index (Phi) is 4.23. The quantitative estimate of drug-likeness (QED) is 0.730. The first kappa shape index (κ1) is 14.3. The smallest absolute Gasteiger partial charge is 0.162 e. The molecule has 0 atom stereocenters. The first-order valence-electron chi connectivity index (χ1n) is 6.90. The SMILES string of the molecule is CCC(=O)c1ccc(Oc2cc(C)cc(C)c2C)cc1. The zero-order chi connectivity index (χ0) is 14.7. The van der Waals surface area contributed by atoms with Crippen molar-refractivity contribution in [3.8, 4) is 11.5 Å². The number of ketones is 1. The van der Waals surface area contributed by atoms with Crippen molar-refractivity contribution in [2.24, 2.45) is 0 Å². The van der Waals surface area contributed by atoms with Crippen LogP contribution in [0.3, 0.4) is 0 Å². The lowest BCUT2D eigenvalue weighted by molar-refractivity contribution is 0.0988. The van der Waals surface area contributed by atoms with Crippen molar-refractivity contribution in [1.29, 1.82) is 0 Å². The third kappa shape index (κ3) is 3.08. The van der Waals surface area contributed by atoms with Crippen molar-refractivity contribution in [1.82, 2.24) is 0 Å². The molecule has 0 aliphatic carbocycles.